The molecule has 1 amide bonds. The van der Waals surface area contributed by atoms with E-state index in [1.165, 1.54) is 12.1 Å². The molecule has 1 aliphatic rings. The first-order valence-electron chi connectivity index (χ1n) is 7.24. The highest BCUT2D eigenvalue weighted by molar-refractivity contribution is 6.31. The van der Waals surface area contributed by atoms with E-state index in [1.807, 2.05) is 6.92 Å². The van der Waals surface area contributed by atoms with Crippen LogP contribution >= 0.6 is 11.6 Å². The molecule has 2 N–H and O–H groups in total. The minimum absolute atomic E-state index is 0.0192. The monoisotopic (exact) mass is 329 g/mol. The highest BCUT2D eigenvalue weighted by atomic mass is 35.5. The summed E-state index contributed by atoms with van der Waals surface area (Å²) in [4.78, 5) is 14.3. The Hall–Kier alpha value is -1.21. The summed E-state index contributed by atoms with van der Waals surface area (Å²) < 4.78 is 18.2. The molecule has 0 radical (unpaired) electrons. The molecule has 1 aromatic rings. The third kappa shape index (κ3) is 4.39. The molecule has 2 atom stereocenters. The second-order valence-electron chi connectivity index (χ2n) is 5.47. The zero-order chi connectivity index (χ0) is 16.1. The maximum atomic E-state index is 13.1. The number of nitrogens with zero attached hydrogens (tertiary/aromatic N) is 1. The summed E-state index contributed by atoms with van der Waals surface area (Å²) in [5.74, 6) is -0.409. The molecule has 7 heteroatoms. The molecular formula is C15H21ClFN3O2. The van der Waals surface area contributed by atoms with Crippen molar-refractivity contribution in [3.8, 4) is 0 Å². The van der Waals surface area contributed by atoms with Gasteiger partial charge in [-0.3, -0.25) is 10.2 Å². The van der Waals surface area contributed by atoms with Crippen molar-refractivity contribution < 1.29 is 13.9 Å². The summed E-state index contributed by atoms with van der Waals surface area (Å²) in [5.41, 5.74) is 6.75. The van der Waals surface area contributed by atoms with Crippen LogP contribution in [0.3, 0.4) is 0 Å². The average Bonchev–Trinajstić information content (AvgIpc) is 2.91. The fraction of sp³-hybridized carbons (Fsp3) is 0.533. The normalized spacial score (nSPS) is 21.1. The van der Waals surface area contributed by atoms with E-state index in [4.69, 9.17) is 16.3 Å². The molecule has 0 saturated carbocycles. The predicted molar refractivity (Wildman–Crippen MR) is 82.8 cm³/mol. The first kappa shape index (κ1) is 17.1. The summed E-state index contributed by atoms with van der Waals surface area (Å²) in [6, 6.07) is 4.18. The summed E-state index contributed by atoms with van der Waals surface area (Å²) in [6.07, 6.45) is 0.722. The third-order valence-corrected chi connectivity index (χ3v) is 4.00. The van der Waals surface area contributed by atoms with Crippen LogP contribution in [0.1, 0.15) is 18.9 Å². The number of carbonyl (C=O) groups excluding carboxylic acids is 1. The van der Waals surface area contributed by atoms with Crippen LogP contribution in [-0.2, 0) is 16.1 Å². The lowest BCUT2D eigenvalue weighted by Crippen LogP contribution is -2.46. The van der Waals surface area contributed by atoms with Crippen LogP contribution in [0, 0.1) is 5.82 Å². The van der Waals surface area contributed by atoms with Crippen molar-refractivity contribution >= 4 is 17.5 Å². The molecule has 1 aliphatic heterocycles. The van der Waals surface area contributed by atoms with E-state index in [1.54, 1.807) is 18.1 Å². The first-order valence-corrected chi connectivity index (χ1v) is 7.61. The fourth-order valence-electron chi connectivity index (χ4n) is 2.42. The molecule has 1 heterocycles. The number of amides is 1. The maximum Gasteiger partial charge on any atom is 0.241 e. The van der Waals surface area contributed by atoms with E-state index in [9.17, 15) is 9.18 Å². The number of methoxy groups -OCH3 is 1. The number of halogens is 2. The number of hydrogen-bond donors (Lipinski definition) is 2. The van der Waals surface area contributed by atoms with E-state index in [0.717, 1.165) is 6.42 Å². The smallest absolute Gasteiger partial charge is 0.241 e. The molecular weight excluding hydrogens is 309 g/mol. The lowest BCUT2D eigenvalue weighted by atomic mass is 10.1. The van der Waals surface area contributed by atoms with Crippen molar-refractivity contribution in [3.63, 3.8) is 0 Å². The highest BCUT2D eigenvalue weighted by Gasteiger charge is 2.30. The Labute approximate surface area is 134 Å². The molecule has 1 aromatic carbocycles. The number of nitrogens with one attached hydrogen (secondary N) is 2. The summed E-state index contributed by atoms with van der Waals surface area (Å²) in [6.45, 7) is 3.22. The second kappa shape index (κ2) is 7.87. The van der Waals surface area contributed by atoms with Crippen molar-refractivity contribution in [3.05, 3.63) is 34.6 Å². The van der Waals surface area contributed by atoms with E-state index in [-0.39, 0.29) is 23.8 Å². The first-order chi connectivity index (χ1) is 10.5. The van der Waals surface area contributed by atoms with Gasteiger partial charge in [0.2, 0.25) is 5.91 Å². The van der Waals surface area contributed by atoms with Gasteiger partial charge >= 0.3 is 0 Å². The average molecular weight is 330 g/mol. The van der Waals surface area contributed by atoms with Crippen molar-refractivity contribution in [1.82, 2.24) is 15.8 Å². The lowest BCUT2D eigenvalue weighted by molar-refractivity contribution is -0.134. The molecule has 1 fully saturated rings. The number of benzene rings is 1. The Morgan fingerprint density at radius 2 is 2.27 bits per heavy atom. The second-order valence-corrected chi connectivity index (χ2v) is 5.87. The Balaban J connectivity index is 2.09. The number of ether oxygens (including phenoxy) is 1. The third-order valence-electron chi connectivity index (χ3n) is 3.64. The quantitative estimate of drug-likeness (QED) is 0.834. The SMILES string of the molecule is COCCN(Cc1ccc(F)cc1Cl)C(=O)C1CC(C)NN1. The fourth-order valence-corrected chi connectivity index (χ4v) is 2.65. The summed E-state index contributed by atoms with van der Waals surface area (Å²) >= 11 is 6.06. The maximum absolute atomic E-state index is 13.1. The Morgan fingerprint density at radius 3 is 2.86 bits per heavy atom. The Kier molecular flexibility index (Phi) is 6.14. The van der Waals surface area contributed by atoms with Crippen LogP contribution in [0.5, 0.6) is 0 Å². The van der Waals surface area contributed by atoms with Gasteiger partial charge in [0.25, 0.3) is 0 Å². The Morgan fingerprint density at radius 1 is 1.50 bits per heavy atom. The molecule has 122 valence electrons. The van der Waals surface area contributed by atoms with Gasteiger partial charge in [-0.25, -0.2) is 9.82 Å². The van der Waals surface area contributed by atoms with Crippen LogP contribution in [0.25, 0.3) is 0 Å². The minimum Gasteiger partial charge on any atom is -0.383 e. The van der Waals surface area contributed by atoms with Gasteiger partial charge in [0, 0.05) is 31.3 Å². The van der Waals surface area contributed by atoms with E-state index in [0.29, 0.717) is 30.3 Å². The molecule has 2 rings (SSSR count). The molecule has 2 unspecified atom stereocenters. The van der Waals surface area contributed by atoms with Crippen molar-refractivity contribution in [1.29, 1.82) is 0 Å². The van der Waals surface area contributed by atoms with Gasteiger partial charge in [-0.15, -0.1) is 0 Å². The Bertz CT molecular complexity index is 530. The molecule has 0 bridgehead atoms. The van der Waals surface area contributed by atoms with Gasteiger partial charge in [0.15, 0.2) is 0 Å². The van der Waals surface area contributed by atoms with Gasteiger partial charge < -0.3 is 9.64 Å². The van der Waals surface area contributed by atoms with Crippen molar-refractivity contribution in [2.75, 3.05) is 20.3 Å². The predicted octanol–water partition coefficient (Wildman–Crippen LogP) is 1.71. The molecule has 0 spiro atoms. The minimum atomic E-state index is -0.390. The number of hydrogen-bond acceptors (Lipinski definition) is 4. The zero-order valence-electron chi connectivity index (χ0n) is 12.7. The molecule has 0 aliphatic carbocycles. The van der Waals surface area contributed by atoms with Gasteiger partial charge in [-0.05, 0) is 31.0 Å². The standard InChI is InChI=1S/C15H21ClFN3O2/c1-10-7-14(19-18-10)15(21)20(5-6-22-2)9-11-3-4-12(17)8-13(11)16/h3-4,8,10,14,18-19H,5-7,9H2,1-2H3. The van der Waals surface area contributed by atoms with Gasteiger partial charge in [0.05, 0.1) is 6.61 Å². The largest absolute Gasteiger partial charge is 0.383 e. The van der Waals surface area contributed by atoms with Gasteiger partial charge in [0.1, 0.15) is 11.9 Å². The molecule has 22 heavy (non-hydrogen) atoms. The van der Waals surface area contributed by atoms with E-state index in [2.05, 4.69) is 10.9 Å². The van der Waals surface area contributed by atoms with Crippen LogP contribution in [0.4, 0.5) is 4.39 Å². The topological polar surface area (TPSA) is 53.6 Å². The van der Waals surface area contributed by atoms with Gasteiger partial charge in [-0.2, -0.15) is 0 Å². The lowest BCUT2D eigenvalue weighted by Gasteiger charge is -2.25. The van der Waals surface area contributed by atoms with Crippen molar-refractivity contribution in [2.24, 2.45) is 0 Å². The molecule has 1 saturated heterocycles. The van der Waals surface area contributed by atoms with E-state index < -0.39 is 0 Å². The van der Waals surface area contributed by atoms with Crippen LogP contribution < -0.4 is 10.9 Å². The number of hydrazine groups is 1. The van der Waals surface area contributed by atoms with Crippen LogP contribution in [-0.4, -0.2) is 43.2 Å². The van der Waals surface area contributed by atoms with Crippen LogP contribution in [0.2, 0.25) is 5.02 Å². The highest BCUT2D eigenvalue weighted by Crippen LogP contribution is 2.20. The summed E-state index contributed by atoms with van der Waals surface area (Å²) in [7, 11) is 1.59. The van der Waals surface area contributed by atoms with Gasteiger partial charge in [-0.1, -0.05) is 17.7 Å². The molecule has 0 aromatic heterocycles. The van der Waals surface area contributed by atoms with Crippen LogP contribution in [0.15, 0.2) is 18.2 Å². The van der Waals surface area contributed by atoms with Crippen molar-refractivity contribution in [2.45, 2.75) is 32.0 Å². The molecule has 5 nitrogen and oxygen atoms in total. The number of rotatable bonds is 6. The number of carbonyl (C=O) groups is 1. The summed E-state index contributed by atoms with van der Waals surface area (Å²) in [5, 5.41) is 0.320. The zero-order valence-corrected chi connectivity index (χ0v) is 13.5. The van der Waals surface area contributed by atoms with E-state index >= 15 is 0 Å².